The van der Waals surface area contributed by atoms with Crippen molar-refractivity contribution in [2.75, 3.05) is 10.6 Å². The Kier molecular flexibility index (Phi) is 5.45. The molecule has 4 rings (SSSR count). The molecule has 2 aromatic heterocycles. The largest absolute Gasteiger partial charge is 0.508 e. The number of benzene rings is 2. The summed E-state index contributed by atoms with van der Waals surface area (Å²) in [5.41, 5.74) is 4.92. The normalized spacial score (nSPS) is 10.6. The number of aromatic nitrogens is 2. The van der Waals surface area contributed by atoms with Crippen LogP contribution in [-0.2, 0) is 0 Å². The summed E-state index contributed by atoms with van der Waals surface area (Å²) in [6.07, 6.45) is 0. The third-order valence-electron chi connectivity index (χ3n) is 4.38. The summed E-state index contributed by atoms with van der Waals surface area (Å²) in [5, 5.41) is 18.4. The molecule has 0 bridgehead atoms. The summed E-state index contributed by atoms with van der Waals surface area (Å²) in [5.74, 6) is 0.543. The first kappa shape index (κ1) is 19.6. The van der Waals surface area contributed by atoms with Crippen LogP contribution in [0.25, 0.3) is 11.3 Å². The van der Waals surface area contributed by atoms with E-state index in [1.54, 1.807) is 30.3 Å². The lowest BCUT2D eigenvalue weighted by Crippen LogP contribution is -2.13. The van der Waals surface area contributed by atoms with Crippen molar-refractivity contribution in [1.29, 1.82) is 0 Å². The molecule has 0 radical (unpaired) electrons. The van der Waals surface area contributed by atoms with E-state index in [2.05, 4.69) is 20.6 Å². The number of phenols is 1. The fourth-order valence-corrected chi connectivity index (χ4v) is 3.79. The van der Waals surface area contributed by atoms with Gasteiger partial charge >= 0.3 is 0 Å². The molecule has 30 heavy (non-hydrogen) atoms. The predicted molar refractivity (Wildman–Crippen MR) is 121 cm³/mol. The molecule has 0 unspecified atom stereocenters. The standard InChI is InChI=1S/C23H20N4O2S/c1-14-10-15(2)24-21(11-14)27-22(29)16-6-8-18(9-7-16)25-23-26-20(13-30-23)17-4-3-5-19(28)12-17/h3-13,28H,1-2H3,(H,25,26)(H,24,27,29). The highest BCUT2D eigenvalue weighted by atomic mass is 32.1. The molecule has 150 valence electrons. The van der Waals surface area contributed by atoms with Crippen molar-refractivity contribution in [3.8, 4) is 17.0 Å². The number of thiazole rings is 1. The Bertz CT molecular complexity index is 1180. The second-order valence-corrected chi connectivity index (χ2v) is 7.77. The number of aromatic hydroxyl groups is 1. The molecule has 1 amide bonds. The highest BCUT2D eigenvalue weighted by Crippen LogP contribution is 2.29. The Labute approximate surface area is 178 Å². The van der Waals surface area contributed by atoms with Gasteiger partial charge in [0.2, 0.25) is 0 Å². The predicted octanol–water partition coefficient (Wildman–Crippen LogP) is 5.52. The van der Waals surface area contributed by atoms with Crippen molar-refractivity contribution in [3.05, 3.63) is 82.9 Å². The van der Waals surface area contributed by atoms with E-state index in [-0.39, 0.29) is 11.7 Å². The molecule has 0 saturated carbocycles. The molecule has 0 fully saturated rings. The van der Waals surface area contributed by atoms with Crippen molar-refractivity contribution in [1.82, 2.24) is 9.97 Å². The Morgan fingerprint density at radius 1 is 1.00 bits per heavy atom. The van der Waals surface area contributed by atoms with Crippen molar-refractivity contribution in [3.63, 3.8) is 0 Å². The summed E-state index contributed by atoms with van der Waals surface area (Å²) in [6, 6.07) is 18.0. The zero-order valence-corrected chi connectivity index (χ0v) is 17.3. The molecule has 7 heteroatoms. The number of phenolic OH excluding ortho intramolecular Hbond substituents is 1. The number of hydrogen-bond donors (Lipinski definition) is 3. The van der Waals surface area contributed by atoms with Gasteiger partial charge in [0.25, 0.3) is 5.91 Å². The van der Waals surface area contributed by atoms with Gasteiger partial charge in [-0.1, -0.05) is 12.1 Å². The SMILES string of the molecule is Cc1cc(C)nc(NC(=O)c2ccc(Nc3nc(-c4cccc(O)c4)cs3)cc2)c1. The Hall–Kier alpha value is -3.71. The number of aryl methyl sites for hydroxylation is 2. The second-order valence-electron chi connectivity index (χ2n) is 6.92. The molecule has 2 heterocycles. The van der Waals surface area contributed by atoms with Crippen molar-refractivity contribution >= 4 is 33.9 Å². The van der Waals surface area contributed by atoms with Crippen LogP contribution >= 0.6 is 11.3 Å². The van der Waals surface area contributed by atoms with Gasteiger partial charge in [-0.3, -0.25) is 4.79 Å². The zero-order valence-electron chi connectivity index (χ0n) is 16.5. The van der Waals surface area contributed by atoms with Gasteiger partial charge in [0, 0.05) is 27.9 Å². The molecule has 2 aromatic carbocycles. The Balaban J connectivity index is 1.43. The molecular formula is C23H20N4O2S. The van der Waals surface area contributed by atoms with E-state index in [9.17, 15) is 9.90 Å². The van der Waals surface area contributed by atoms with Gasteiger partial charge < -0.3 is 15.7 Å². The quantitative estimate of drug-likeness (QED) is 0.398. The van der Waals surface area contributed by atoms with Gasteiger partial charge in [-0.2, -0.15) is 0 Å². The van der Waals surface area contributed by atoms with E-state index in [0.717, 1.165) is 33.3 Å². The molecular weight excluding hydrogens is 396 g/mol. The zero-order chi connectivity index (χ0) is 21.1. The first-order valence-electron chi connectivity index (χ1n) is 9.35. The maximum absolute atomic E-state index is 12.5. The Morgan fingerprint density at radius 3 is 2.53 bits per heavy atom. The van der Waals surface area contributed by atoms with Crippen LogP contribution < -0.4 is 10.6 Å². The van der Waals surface area contributed by atoms with Crippen molar-refractivity contribution in [2.45, 2.75) is 13.8 Å². The van der Waals surface area contributed by atoms with Gasteiger partial charge in [0.15, 0.2) is 5.13 Å². The second kappa shape index (κ2) is 8.34. The van der Waals surface area contributed by atoms with Gasteiger partial charge in [-0.25, -0.2) is 9.97 Å². The fraction of sp³-hybridized carbons (Fsp3) is 0.0870. The minimum absolute atomic E-state index is 0.208. The van der Waals surface area contributed by atoms with Gasteiger partial charge in [0.1, 0.15) is 11.6 Å². The summed E-state index contributed by atoms with van der Waals surface area (Å²) >= 11 is 1.47. The number of hydrogen-bond acceptors (Lipinski definition) is 6. The minimum atomic E-state index is -0.209. The smallest absolute Gasteiger partial charge is 0.256 e. The number of carbonyl (C=O) groups excluding carboxylic acids is 1. The average Bonchev–Trinajstić information content (AvgIpc) is 3.16. The van der Waals surface area contributed by atoms with E-state index in [1.807, 2.05) is 49.6 Å². The third kappa shape index (κ3) is 4.64. The maximum Gasteiger partial charge on any atom is 0.256 e. The molecule has 0 saturated heterocycles. The Morgan fingerprint density at radius 2 is 1.80 bits per heavy atom. The lowest BCUT2D eigenvalue weighted by Gasteiger charge is -2.08. The number of rotatable bonds is 5. The fourth-order valence-electron chi connectivity index (χ4n) is 3.05. The van der Waals surface area contributed by atoms with Gasteiger partial charge in [0.05, 0.1) is 5.69 Å². The van der Waals surface area contributed by atoms with Gasteiger partial charge in [-0.15, -0.1) is 11.3 Å². The topological polar surface area (TPSA) is 87.1 Å². The molecule has 0 aliphatic heterocycles. The molecule has 3 N–H and O–H groups in total. The third-order valence-corrected chi connectivity index (χ3v) is 5.14. The number of amides is 1. The molecule has 6 nitrogen and oxygen atoms in total. The van der Waals surface area contributed by atoms with Crippen molar-refractivity contribution in [2.24, 2.45) is 0 Å². The first-order valence-corrected chi connectivity index (χ1v) is 10.2. The van der Waals surface area contributed by atoms with Crippen LogP contribution in [0.2, 0.25) is 0 Å². The average molecular weight is 417 g/mol. The lowest BCUT2D eigenvalue weighted by atomic mass is 10.2. The lowest BCUT2D eigenvalue weighted by molar-refractivity contribution is 0.102. The van der Waals surface area contributed by atoms with Crippen LogP contribution in [0.3, 0.4) is 0 Å². The van der Waals surface area contributed by atoms with E-state index in [0.29, 0.717) is 11.4 Å². The first-order chi connectivity index (χ1) is 14.5. The van der Waals surface area contributed by atoms with E-state index in [4.69, 9.17) is 0 Å². The number of nitrogens with one attached hydrogen (secondary N) is 2. The molecule has 0 aliphatic rings. The maximum atomic E-state index is 12.5. The number of carbonyl (C=O) groups is 1. The summed E-state index contributed by atoms with van der Waals surface area (Å²) in [4.78, 5) is 21.4. The summed E-state index contributed by atoms with van der Waals surface area (Å²) < 4.78 is 0. The highest BCUT2D eigenvalue weighted by Gasteiger charge is 2.09. The van der Waals surface area contributed by atoms with Crippen LogP contribution in [0.1, 0.15) is 21.6 Å². The highest BCUT2D eigenvalue weighted by molar-refractivity contribution is 7.14. The molecule has 0 aliphatic carbocycles. The summed E-state index contributed by atoms with van der Waals surface area (Å²) in [6.45, 7) is 3.86. The molecule has 0 spiro atoms. The molecule has 0 atom stereocenters. The molecule has 4 aromatic rings. The van der Waals surface area contributed by atoms with E-state index in [1.165, 1.54) is 11.3 Å². The monoisotopic (exact) mass is 416 g/mol. The van der Waals surface area contributed by atoms with Crippen molar-refractivity contribution < 1.29 is 9.90 Å². The van der Waals surface area contributed by atoms with E-state index >= 15 is 0 Å². The number of pyridine rings is 1. The number of anilines is 3. The summed E-state index contributed by atoms with van der Waals surface area (Å²) in [7, 11) is 0. The van der Waals surface area contributed by atoms with Crippen LogP contribution in [0.4, 0.5) is 16.6 Å². The van der Waals surface area contributed by atoms with Crippen LogP contribution in [-0.4, -0.2) is 21.0 Å². The van der Waals surface area contributed by atoms with E-state index < -0.39 is 0 Å². The van der Waals surface area contributed by atoms with Gasteiger partial charge in [-0.05, 0) is 67.9 Å². The number of nitrogens with zero attached hydrogens (tertiary/aromatic N) is 2. The van der Waals surface area contributed by atoms with Crippen LogP contribution in [0.15, 0.2) is 66.0 Å². The minimum Gasteiger partial charge on any atom is -0.508 e. The van der Waals surface area contributed by atoms with Crippen LogP contribution in [0, 0.1) is 13.8 Å². The van der Waals surface area contributed by atoms with Crippen LogP contribution in [0.5, 0.6) is 5.75 Å².